The lowest BCUT2D eigenvalue weighted by molar-refractivity contribution is -0.153. The van der Waals surface area contributed by atoms with Crippen molar-refractivity contribution in [1.29, 1.82) is 0 Å². The lowest BCUT2D eigenvalue weighted by Crippen LogP contribution is -2.31. The Bertz CT molecular complexity index is 836. The van der Waals surface area contributed by atoms with Crippen LogP contribution in [0.3, 0.4) is 0 Å². The molecule has 0 radical (unpaired) electrons. The third-order valence-corrected chi connectivity index (χ3v) is 4.32. The van der Waals surface area contributed by atoms with Crippen molar-refractivity contribution in [2.45, 2.75) is 26.3 Å². The highest BCUT2D eigenvalue weighted by molar-refractivity contribution is 5.80. The zero-order valence-corrected chi connectivity index (χ0v) is 17.1. The molecule has 0 fully saturated rings. The number of ether oxygens (including phenoxy) is 3. The summed E-state index contributed by atoms with van der Waals surface area (Å²) in [5.74, 6) is -0.458. The number of halogens is 1. The van der Waals surface area contributed by atoms with Gasteiger partial charge in [0.25, 0.3) is 5.91 Å². The third-order valence-electron chi connectivity index (χ3n) is 4.32. The van der Waals surface area contributed by atoms with E-state index in [-0.39, 0.29) is 18.9 Å². The Kier molecular flexibility index (Phi) is 8.00. The van der Waals surface area contributed by atoms with Gasteiger partial charge in [0.2, 0.25) is 0 Å². The molecule has 0 atom stereocenters. The van der Waals surface area contributed by atoms with Gasteiger partial charge in [0.05, 0.1) is 7.11 Å². The summed E-state index contributed by atoms with van der Waals surface area (Å²) in [6.07, 6.45) is 0. The molecule has 6 nitrogen and oxygen atoms in total. The maximum atomic E-state index is 13.7. The summed E-state index contributed by atoms with van der Waals surface area (Å²) in [5, 5.41) is 0. The molecule has 1 amide bonds. The largest absolute Gasteiger partial charge is 0.494 e. The van der Waals surface area contributed by atoms with Gasteiger partial charge in [-0.15, -0.1) is 0 Å². The Labute approximate surface area is 170 Å². The summed E-state index contributed by atoms with van der Waals surface area (Å²) < 4.78 is 28.9. The molecule has 0 aliphatic heterocycles. The van der Waals surface area contributed by atoms with E-state index in [4.69, 9.17) is 14.2 Å². The number of hydrogen-bond acceptors (Lipinski definition) is 5. The van der Waals surface area contributed by atoms with Crippen LogP contribution >= 0.6 is 0 Å². The molecule has 0 saturated carbocycles. The molecule has 0 aliphatic rings. The fourth-order valence-electron chi connectivity index (χ4n) is 2.56. The number of likely N-dealkylation sites (N-methyl/N-ethyl adjacent to an activating group) is 1. The van der Waals surface area contributed by atoms with Crippen LogP contribution in [0, 0.1) is 5.82 Å². The van der Waals surface area contributed by atoms with Gasteiger partial charge in [-0.3, -0.25) is 4.79 Å². The van der Waals surface area contributed by atoms with Crippen LogP contribution in [0.4, 0.5) is 4.39 Å². The summed E-state index contributed by atoms with van der Waals surface area (Å²) in [4.78, 5) is 25.3. The lowest BCUT2D eigenvalue weighted by Gasteiger charge is -2.17. The molecule has 0 unspecified atom stereocenters. The molecule has 0 spiro atoms. The maximum absolute atomic E-state index is 13.7. The molecule has 0 aliphatic carbocycles. The lowest BCUT2D eigenvalue weighted by atomic mass is 10.0. The summed E-state index contributed by atoms with van der Waals surface area (Å²) in [5.41, 5.74) is 1.77. The van der Waals surface area contributed by atoms with E-state index in [1.807, 2.05) is 12.1 Å². The fraction of sp³-hybridized carbons (Fsp3) is 0.364. The van der Waals surface area contributed by atoms with Gasteiger partial charge < -0.3 is 19.1 Å². The van der Waals surface area contributed by atoms with Crippen LogP contribution in [0.15, 0.2) is 42.5 Å². The molecule has 7 heteroatoms. The second kappa shape index (κ2) is 10.5. The second-order valence-corrected chi connectivity index (χ2v) is 6.89. The highest BCUT2D eigenvalue weighted by Gasteiger charge is 2.14. The van der Waals surface area contributed by atoms with Crippen molar-refractivity contribution in [3.8, 4) is 11.5 Å². The van der Waals surface area contributed by atoms with Crippen molar-refractivity contribution in [2.24, 2.45) is 0 Å². The van der Waals surface area contributed by atoms with Gasteiger partial charge in [0.15, 0.2) is 24.8 Å². The Morgan fingerprint density at radius 3 is 2.34 bits per heavy atom. The van der Waals surface area contributed by atoms with E-state index in [0.29, 0.717) is 17.2 Å². The number of benzene rings is 2. The first-order valence-corrected chi connectivity index (χ1v) is 9.25. The molecule has 2 rings (SSSR count). The second-order valence-electron chi connectivity index (χ2n) is 6.89. The Balaban J connectivity index is 1.75. The number of nitrogens with zero attached hydrogens (tertiary/aromatic N) is 1. The number of esters is 1. The molecule has 0 N–H and O–H groups in total. The minimum absolute atomic E-state index is 0.135. The normalized spacial score (nSPS) is 10.6. The number of carbonyl (C=O) groups excluding carboxylic acids is 2. The predicted molar refractivity (Wildman–Crippen MR) is 106 cm³/mol. The first-order valence-electron chi connectivity index (χ1n) is 9.25. The van der Waals surface area contributed by atoms with E-state index in [9.17, 15) is 14.0 Å². The van der Waals surface area contributed by atoms with Crippen molar-refractivity contribution in [3.63, 3.8) is 0 Å². The molecule has 2 aromatic carbocycles. The quantitative estimate of drug-likeness (QED) is 0.599. The SMILES string of the molecule is COc1ccc(CN(C)C(=O)COC(=O)COc2ccc(C(C)C)cc2)cc1F. The van der Waals surface area contributed by atoms with Crippen molar-refractivity contribution in [3.05, 3.63) is 59.4 Å². The van der Waals surface area contributed by atoms with Gasteiger partial charge >= 0.3 is 5.97 Å². The predicted octanol–water partition coefficient (Wildman–Crippen LogP) is 3.54. The van der Waals surface area contributed by atoms with E-state index in [2.05, 4.69) is 13.8 Å². The van der Waals surface area contributed by atoms with Crippen LogP contribution in [-0.2, 0) is 20.9 Å². The average molecular weight is 403 g/mol. The van der Waals surface area contributed by atoms with Gasteiger partial charge in [-0.25, -0.2) is 9.18 Å². The number of amides is 1. The first-order chi connectivity index (χ1) is 13.8. The summed E-state index contributed by atoms with van der Waals surface area (Å²) in [6, 6.07) is 11.9. The molecular formula is C22H26FNO5. The maximum Gasteiger partial charge on any atom is 0.344 e. The van der Waals surface area contributed by atoms with Gasteiger partial charge in [-0.2, -0.15) is 0 Å². The van der Waals surface area contributed by atoms with E-state index in [0.717, 1.165) is 0 Å². The average Bonchev–Trinajstić information content (AvgIpc) is 2.70. The van der Waals surface area contributed by atoms with Crippen LogP contribution < -0.4 is 9.47 Å². The Morgan fingerprint density at radius 1 is 1.07 bits per heavy atom. The van der Waals surface area contributed by atoms with E-state index < -0.39 is 24.3 Å². The van der Waals surface area contributed by atoms with Crippen molar-refractivity contribution in [2.75, 3.05) is 27.4 Å². The monoisotopic (exact) mass is 403 g/mol. The molecule has 0 aromatic heterocycles. The minimum Gasteiger partial charge on any atom is -0.494 e. The Morgan fingerprint density at radius 2 is 1.76 bits per heavy atom. The van der Waals surface area contributed by atoms with Crippen LogP contribution in [0.1, 0.15) is 30.9 Å². The zero-order chi connectivity index (χ0) is 21.4. The molecule has 0 bridgehead atoms. The van der Waals surface area contributed by atoms with Crippen molar-refractivity contribution < 1.29 is 28.2 Å². The number of hydrogen-bond donors (Lipinski definition) is 0. The van der Waals surface area contributed by atoms with Crippen LogP contribution in [0.25, 0.3) is 0 Å². The number of methoxy groups -OCH3 is 1. The molecular weight excluding hydrogens is 377 g/mol. The standard InChI is InChI=1S/C22H26FNO5/c1-15(2)17-6-8-18(9-7-17)28-14-22(26)29-13-21(25)24(3)12-16-5-10-20(27-4)19(23)11-16/h5-11,15H,12-14H2,1-4H3. The summed E-state index contributed by atoms with van der Waals surface area (Å²) in [7, 11) is 2.93. The van der Waals surface area contributed by atoms with E-state index in [1.165, 1.54) is 29.7 Å². The topological polar surface area (TPSA) is 65.1 Å². The van der Waals surface area contributed by atoms with Gasteiger partial charge in [-0.1, -0.05) is 32.0 Å². The van der Waals surface area contributed by atoms with E-state index in [1.54, 1.807) is 25.2 Å². The van der Waals surface area contributed by atoms with Crippen LogP contribution in [-0.4, -0.2) is 44.1 Å². The van der Waals surface area contributed by atoms with Gasteiger partial charge in [0, 0.05) is 13.6 Å². The van der Waals surface area contributed by atoms with E-state index >= 15 is 0 Å². The smallest absolute Gasteiger partial charge is 0.344 e. The van der Waals surface area contributed by atoms with Crippen molar-refractivity contribution in [1.82, 2.24) is 4.90 Å². The highest BCUT2D eigenvalue weighted by atomic mass is 19.1. The highest BCUT2D eigenvalue weighted by Crippen LogP contribution is 2.19. The van der Waals surface area contributed by atoms with Crippen molar-refractivity contribution >= 4 is 11.9 Å². The summed E-state index contributed by atoms with van der Waals surface area (Å²) in [6.45, 7) is 3.65. The Hall–Kier alpha value is -3.09. The van der Waals surface area contributed by atoms with Crippen LogP contribution in [0.5, 0.6) is 11.5 Å². The fourth-order valence-corrected chi connectivity index (χ4v) is 2.56. The number of rotatable bonds is 9. The van der Waals surface area contributed by atoms with Gasteiger partial charge in [-0.05, 0) is 41.3 Å². The van der Waals surface area contributed by atoms with Gasteiger partial charge in [0.1, 0.15) is 5.75 Å². The summed E-state index contributed by atoms with van der Waals surface area (Å²) >= 11 is 0. The molecule has 0 saturated heterocycles. The minimum atomic E-state index is -0.643. The number of carbonyl (C=O) groups is 2. The molecule has 29 heavy (non-hydrogen) atoms. The van der Waals surface area contributed by atoms with Crippen LogP contribution in [0.2, 0.25) is 0 Å². The molecule has 0 heterocycles. The zero-order valence-electron chi connectivity index (χ0n) is 17.1. The first kappa shape index (κ1) is 22.2. The third kappa shape index (κ3) is 6.78. The molecule has 156 valence electrons. The molecule has 2 aromatic rings.